The Morgan fingerprint density at radius 1 is 1.00 bits per heavy atom. The first-order valence-electron chi connectivity index (χ1n) is 7.17. The van der Waals surface area contributed by atoms with Crippen LogP contribution in [-0.4, -0.2) is 11.6 Å². The van der Waals surface area contributed by atoms with Gasteiger partial charge >= 0.3 is 0 Å². The normalized spacial score (nSPS) is 12.2. The van der Waals surface area contributed by atoms with Gasteiger partial charge in [0.05, 0.1) is 11.2 Å². The molecule has 1 unspecified atom stereocenters. The number of halogens is 1. The van der Waals surface area contributed by atoms with E-state index >= 15 is 0 Å². The van der Waals surface area contributed by atoms with Crippen molar-refractivity contribution in [1.82, 2.24) is 0 Å². The molecule has 1 atom stereocenters. The predicted octanol–water partition coefficient (Wildman–Crippen LogP) is 4.55. The van der Waals surface area contributed by atoms with Crippen LogP contribution in [0.2, 0.25) is 5.02 Å². The molecule has 0 saturated carbocycles. The van der Waals surface area contributed by atoms with Crippen LogP contribution in [0.4, 0.5) is 5.69 Å². The second-order valence-corrected chi connectivity index (χ2v) is 6.95. The number of carbonyl (C=O) groups excluding carboxylic acids is 2. The summed E-state index contributed by atoms with van der Waals surface area (Å²) in [4.78, 5) is 24.9. The zero-order chi connectivity index (χ0) is 17.0. The number of para-hydroxylation sites is 1. The standard InChI is InChI=1S/C18H18ClNO2S/c1-11(21)17(12(2)22)18(13-7-9-14(19)10-8-13)23-16-6-4-3-5-15(16)20/h3-10,17-18H,20H2,1-2H3. The summed E-state index contributed by atoms with van der Waals surface area (Å²) in [5.74, 6) is -1.03. The highest BCUT2D eigenvalue weighted by Crippen LogP contribution is 2.43. The smallest absolute Gasteiger partial charge is 0.141 e. The number of hydrogen-bond acceptors (Lipinski definition) is 4. The molecule has 2 N–H and O–H groups in total. The lowest BCUT2D eigenvalue weighted by molar-refractivity contribution is -0.130. The minimum atomic E-state index is -0.721. The third-order valence-corrected chi connectivity index (χ3v) is 5.23. The summed E-state index contributed by atoms with van der Waals surface area (Å²) in [5.41, 5.74) is 7.51. The Balaban J connectivity index is 2.46. The van der Waals surface area contributed by atoms with Gasteiger partial charge < -0.3 is 5.73 Å². The van der Waals surface area contributed by atoms with Gasteiger partial charge in [0.2, 0.25) is 0 Å². The first-order chi connectivity index (χ1) is 10.9. The molecule has 0 bridgehead atoms. The maximum atomic E-state index is 12.1. The molecule has 0 spiro atoms. The summed E-state index contributed by atoms with van der Waals surface area (Å²) in [6.45, 7) is 2.90. The molecule has 0 amide bonds. The number of thioether (sulfide) groups is 1. The lowest BCUT2D eigenvalue weighted by atomic mass is 9.92. The molecule has 0 heterocycles. The Hall–Kier alpha value is -1.78. The van der Waals surface area contributed by atoms with Crippen LogP contribution < -0.4 is 5.73 Å². The number of benzene rings is 2. The Morgan fingerprint density at radius 2 is 1.57 bits per heavy atom. The molecule has 2 rings (SSSR count). The topological polar surface area (TPSA) is 60.2 Å². The predicted molar refractivity (Wildman–Crippen MR) is 95.8 cm³/mol. The van der Waals surface area contributed by atoms with Gasteiger partial charge in [-0.1, -0.05) is 35.9 Å². The third kappa shape index (κ3) is 4.36. The van der Waals surface area contributed by atoms with E-state index in [1.165, 1.54) is 25.6 Å². The Labute approximate surface area is 145 Å². The molecule has 3 nitrogen and oxygen atoms in total. The van der Waals surface area contributed by atoms with Crippen LogP contribution in [0.25, 0.3) is 0 Å². The number of ketones is 2. The van der Waals surface area contributed by atoms with Crippen molar-refractivity contribution >= 4 is 40.6 Å². The van der Waals surface area contributed by atoms with E-state index in [2.05, 4.69) is 0 Å². The molecule has 120 valence electrons. The summed E-state index contributed by atoms with van der Waals surface area (Å²) in [7, 11) is 0. The highest BCUT2D eigenvalue weighted by atomic mass is 35.5. The van der Waals surface area contributed by atoms with E-state index in [0.29, 0.717) is 10.7 Å². The maximum absolute atomic E-state index is 12.1. The van der Waals surface area contributed by atoms with E-state index in [0.717, 1.165) is 10.5 Å². The van der Waals surface area contributed by atoms with Crippen molar-refractivity contribution in [2.45, 2.75) is 24.0 Å². The molecule has 0 aliphatic heterocycles. The van der Waals surface area contributed by atoms with E-state index in [-0.39, 0.29) is 16.8 Å². The quantitative estimate of drug-likeness (QED) is 0.473. The van der Waals surface area contributed by atoms with Gasteiger partial charge in [0, 0.05) is 15.6 Å². The first-order valence-corrected chi connectivity index (χ1v) is 8.43. The Morgan fingerprint density at radius 3 is 2.09 bits per heavy atom. The molecule has 0 radical (unpaired) electrons. The number of Topliss-reactive ketones (excluding diaryl/α,β-unsaturated/α-hetero) is 2. The first kappa shape index (κ1) is 17.6. The second-order valence-electron chi connectivity index (χ2n) is 5.33. The van der Waals surface area contributed by atoms with E-state index in [9.17, 15) is 9.59 Å². The fraction of sp³-hybridized carbons (Fsp3) is 0.222. The lowest BCUT2D eigenvalue weighted by Crippen LogP contribution is -2.25. The summed E-state index contributed by atoms with van der Waals surface area (Å²) < 4.78 is 0. The van der Waals surface area contributed by atoms with Crippen LogP contribution >= 0.6 is 23.4 Å². The second kappa shape index (κ2) is 7.66. The van der Waals surface area contributed by atoms with Crippen molar-refractivity contribution in [2.24, 2.45) is 5.92 Å². The van der Waals surface area contributed by atoms with Crippen LogP contribution in [0.15, 0.2) is 53.4 Å². The van der Waals surface area contributed by atoms with E-state index in [4.69, 9.17) is 17.3 Å². The molecular formula is C18H18ClNO2S. The molecule has 0 aliphatic carbocycles. The molecule has 2 aromatic carbocycles. The van der Waals surface area contributed by atoms with Crippen molar-refractivity contribution < 1.29 is 9.59 Å². The van der Waals surface area contributed by atoms with Gasteiger partial charge in [-0.05, 0) is 43.7 Å². The molecule has 5 heteroatoms. The molecule has 2 aromatic rings. The van der Waals surface area contributed by atoms with Crippen LogP contribution in [0.3, 0.4) is 0 Å². The number of nitrogens with two attached hydrogens (primary N) is 1. The number of rotatable bonds is 6. The highest BCUT2D eigenvalue weighted by molar-refractivity contribution is 7.99. The van der Waals surface area contributed by atoms with Crippen molar-refractivity contribution in [3.63, 3.8) is 0 Å². The Kier molecular flexibility index (Phi) is 5.85. The van der Waals surface area contributed by atoms with Crippen LogP contribution in [0, 0.1) is 5.92 Å². The van der Waals surface area contributed by atoms with Crippen molar-refractivity contribution in [1.29, 1.82) is 0 Å². The zero-order valence-corrected chi connectivity index (χ0v) is 14.5. The fourth-order valence-electron chi connectivity index (χ4n) is 2.42. The highest BCUT2D eigenvalue weighted by Gasteiger charge is 2.32. The van der Waals surface area contributed by atoms with Gasteiger partial charge in [0.15, 0.2) is 0 Å². The van der Waals surface area contributed by atoms with E-state index in [1.807, 2.05) is 30.3 Å². The van der Waals surface area contributed by atoms with Crippen molar-refractivity contribution in [3.05, 3.63) is 59.1 Å². The number of carbonyl (C=O) groups is 2. The minimum Gasteiger partial charge on any atom is -0.398 e. The molecule has 0 saturated heterocycles. The van der Waals surface area contributed by atoms with Crippen molar-refractivity contribution in [2.75, 3.05) is 5.73 Å². The van der Waals surface area contributed by atoms with Gasteiger partial charge in [-0.25, -0.2) is 0 Å². The molecule has 0 aromatic heterocycles. The molecule has 0 fully saturated rings. The number of anilines is 1. The van der Waals surface area contributed by atoms with Gasteiger partial charge in [0.1, 0.15) is 11.6 Å². The van der Waals surface area contributed by atoms with E-state index in [1.54, 1.807) is 18.2 Å². The summed E-state index contributed by atoms with van der Waals surface area (Å²) in [6, 6.07) is 14.6. The Bertz CT molecular complexity index is 701. The maximum Gasteiger partial charge on any atom is 0.141 e. The summed E-state index contributed by atoms with van der Waals surface area (Å²) >= 11 is 7.38. The van der Waals surface area contributed by atoms with E-state index < -0.39 is 5.92 Å². The fourth-order valence-corrected chi connectivity index (χ4v) is 3.99. The van der Waals surface area contributed by atoms with Crippen LogP contribution in [-0.2, 0) is 9.59 Å². The number of nitrogen functional groups attached to an aromatic ring is 1. The third-order valence-electron chi connectivity index (χ3n) is 3.55. The molecule has 0 aliphatic rings. The van der Waals surface area contributed by atoms with Crippen LogP contribution in [0.1, 0.15) is 24.7 Å². The number of hydrogen-bond donors (Lipinski definition) is 1. The van der Waals surface area contributed by atoms with Gasteiger partial charge in [-0.15, -0.1) is 11.8 Å². The largest absolute Gasteiger partial charge is 0.398 e. The molecular weight excluding hydrogens is 330 g/mol. The van der Waals surface area contributed by atoms with Gasteiger partial charge in [0.25, 0.3) is 0 Å². The van der Waals surface area contributed by atoms with Crippen molar-refractivity contribution in [3.8, 4) is 0 Å². The summed E-state index contributed by atoms with van der Waals surface area (Å²) in [6.07, 6.45) is 0. The lowest BCUT2D eigenvalue weighted by Gasteiger charge is -2.24. The molecule has 23 heavy (non-hydrogen) atoms. The monoisotopic (exact) mass is 347 g/mol. The SMILES string of the molecule is CC(=O)C(C(C)=O)C(Sc1ccccc1N)c1ccc(Cl)cc1. The average molecular weight is 348 g/mol. The zero-order valence-electron chi connectivity index (χ0n) is 13.0. The minimum absolute atomic E-state index is 0.153. The van der Waals surface area contributed by atoms with Gasteiger partial charge in [-0.2, -0.15) is 0 Å². The van der Waals surface area contributed by atoms with Gasteiger partial charge in [-0.3, -0.25) is 9.59 Å². The average Bonchev–Trinajstić information content (AvgIpc) is 2.49. The summed E-state index contributed by atoms with van der Waals surface area (Å²) in [5, 5.41) is 0.269. The van der Waals surface area contributed by atoms with Crippen LogP contribution in [0.5, 0.6) is 0 Å².